The standard InChI is InChI=1S/C25H27N7O/c1-30(2)13-5-8-24-26-12-11-25(28-24)32-18-9-10-19(32)17-31(16-18)20-14-22(29-27-15-20)21-6-3-4-7-23(21)33/h3-4,6-7,11-12,14-15,18-19,33H,9-10,13,16-17H2,1-2H3. The molecule has 2 fully saturated rings. The van der Waals surface area contributed by atoms with E-state index in [1.165, 1.54) is 0 Å². The van der Waals surface area contributed by atoms with Gasteiger partial charge in [-0.15, -0.1) is 0 Å². The lowest BCUT2D eigenvalue weighted by atomic mass is 10.1. The van der Waals surface area contributed by atoms with Gasteiger partial charge in [0.1, 0.15) is 11.6 Å². The number of fused-ring (bicyclic) bond motifs is 2. The number of para-hydroxylation sites is 1. The third-order valence-corrected chi connectivity index (χ3v) is 6.17. The average molecular weight is 442 g/mol. The van der Waals surface area contributed by atoms with Crippen molar-refractivity contribution in [2.75, 3.05) is 43.5 Å². The maximum absolute atomic E-state index is 10.2. The molecular formula is C25H27N7O. The first-order valence-corrected chi connectivity index (χ1v) is 11.2. The van der Waals surface area contributed by atoms with Crippen LogP contribution in [0.3, 0.4) is 0 Å². The van der Waals surface area contributed by atoms with Crippen molar-refractivity contribution < 1.29 is 5.11 Å². The van der Waals surface area contributed by atoms with Crippen LogP contribution in [0.4, 0.5) is 11.5 Å². The van der Waals surface area contributed by atoms with E-state index in [1.807, 2.05) is 49.5 Å². The summed E-state index contributed by atoms with van der Waals surface area (Å²) in [6.07, 6.45) is 5.86. The molecular weight excluding hydrogens is 414 g/mol. The van der Waals surface area contributed by atoms with Gasteiger partial charge in [-0.05, 0) is 57.1 Å². The molecule has 4 heterocycles. The number of anilines is 2. The summed E-state index contributed by atoms with van der Waals surface area (Å²) in [5, 5.41) is 18.7. The Hall–Kier alpha value is -3.70. The first-order chi connectivity index (χ1) is 16.1. The molecule has 2 aromatic heterocycles. The Morgan fingerprint density at radius 1 is 1.12 bits per heavy atom. The van der Waals surface area contributed by atoms with Crippen molar-refractivity contribution in [2.24, 2.45) is 0 Å². The molecule has 2 aliphatic rings. The first-order valence-electron chi connectivity index (χ1n) is 11.2. The normalized spacial score (nSPS) is 19.5. The Bertz CT molecular complexity index is 1190. The Morgan fingerprint density at radius 2 is 1.91 bits per heavy atom. The van der Waals surface area contributed by atoms with Crippen LogP contribution in [0, 0.1) is 11.8 Å². The molecule has 3 aromatic rings. The van der Waals surface area contributed by atoms with Gasteiger partial charge in [0, 0.05) is 36.9 Å². The van der Waals surface area contributed by atoms with E-state index < -0.39 is 0 Å². The summed E-state index contributed by atoms with van der Waals surface area (Å²) in [5.41, 5.74) is 2.40. The van der Waals surface area contributed by atoms with Crippen LogP contribution in [0.15, 0.2) is 48.8 Å². The molecule has 8 nitrogen and oxygen atoms in total. The smallest absolute Gasteiger partial charge is 0.206 e. The summed E-state index contributed by atoms with van der Waals surface area (Å²) in [7, 11) is 3.99. The lowest BCUT2D eigenvalue weighted by Crippen LogP contribution is -2.54. The molecule has 2 aliphatic heterocycles. The van der Waals surface area contributed by atoms with E-state index >= 15 is 0 Å². The Balaban J connectivity index is 1.35. The van der Waals surface area contributed by atoms with Gasteiger partial charge in [0.15, 0.2) is 0 Å². The Kier molecular flexibility index (Phi) is 5.80. The largest absolute Gasteiger partial charge is 0.507 e. The van der Waals surface area contributed by atoms with Crippen molar-refractivity contribution >= 4 is 11.5 Å². The van der Waals surface area contributed by atoms with Gasteiger partial charge in [0.05, 0.1) is 24.1 Å². The van der Waals surface area contributed by atoms with Crippen LogP contribution in [0.2, 0.25) is 0 Å². The van der Waals surface area contributed by atoms with E-state index in [0.717, 1.165) is 37.4 Å². The van der Waals surface area contributed by atoms with Gasteiger partial charge >= 0.3 is 0 Å². The molecule has 2 saturated heterocycles. The summed E-state index contributed by atoms with van der Waals surface area (Å²) in [6, 6.07) is 12.0. The number of aromatic hydroxyl groups is 1. The predicted octanol–water partition coefficient (Wildman–Crippen LogP) is 2.41. The highest BCUT2D eigenvalue weighted by Gasteiger charge is 2.41. The lowest BCUT2D eigenvalue weighted by Gasteiger charge is -2.42. The molecule has 2 unspecified atom stereocenters. The van der Waals surface area contributed by atoms with E-state index in [1.54, 1.807) is 18.3 Å². The zero-order valence-corrected chi connectivity index (χ0v) is 18.9. The second-order valence-electron chi connectivity index (χ2n) is 8.79. The number of nitrogens with zero attached hydrogens (tertiary/aromatic N) is 7. The van der Waals surface area contributed by atoms with E-state index in [-0.39, 0.29) is 5.75 Å². The molecule has 0 saturated carbocycles. The van der Waals surface area contributed by atoms with Crippen molar-refractivity contribution in [1.29, 1.82) is 0 Å². The molecule has 0 radical (unpaired) electrons. The number of aromatic nitrogens is 4. The van der Waals surface area contributed by atoms with Gasteiger partial charge in [-0.2, -0.15) is 10.2 Å². The molecule has 2 atom stereocenters. The van der Waals surface area contributed by atoms with Gasteiger partial charge in [-0.25, -0.2) is 9.97 Å². The fourth-order valence-electron chi connectivity index (χ4n) is 4.67. The lowest BCUT2D eigenvalue weighted by molar-refractivity contribution is 0.464. The van der Waals surface area contributed by atoms with E-state index in [9.17, 15) is 5.11 Å². The van der Waals surface area contributed by atoms with Gasteiger partial charge in [-0.3, -0.25) is 4.90 Å². The minimum atomic E-state index is 0.210. The highest BCUT2D eigenvalue weighted by Crippen LogP contribution is 2.36. The number of hydrogen-bond acceptors (Lipinski definition) is 8. The quantitative estimate of drug-likeness (QED) is 0.619. The van der Waals surface area contributed by atoms with Crippen molar-refractivity contribution in [1.82, 2.24) is 25.1 Å². The third kappa shape index (κ3) is 4.45. The molecule has 0 aliphatic carbocycles. The Morgan fingerprint density at radius 3 is 2.67 bits per heavy atom. The summed E-state index contributed by atoms with van der Waals surface area (Å²) in [5.74, 6) is 7.93. The van der Waals surface area contributed by atoms with Gasteiger partial charge in [0.25, 0.3) is 0 Å². The number of benzene rings is 1. The van der Waals surface area contributed by atoms with Crippen LogP contribution < -0.4 is 9.80 Å². The van der Waals surface area contributed by atoms with Crippen LogP contribution in [0.1, 0.15) is 18.7 Å². The molecule has 5 rings (SSSR count). The second-order valence-corrected chi connectivity index (χ2v) is 8.79. The number of rotatable bonds is 4. The van der Waals surface area contributed by atoms with Crippen molar-refractivity contribution in [3.63, 3.8) is 0 Å². The van der Waals surface area contributed by atoms with Crippen LogP contribution >= 0.6 is 0 Å². The maximum Gasteiger partial charge on any atom is 0.206 e. The number of phenols is 1. The molecule has 0 amide bonds. The molecule has 33 heavy (non-hydrogen) atoms. The fraction of sp³-hybridized carbons (Fsp3) is 0.360. The number of phenolic OH excluding ortho intramolecular Hbond substituents is 1. The van der Waals surface area contributed by atoms with E-state index in [4.69, 9.17) is 4.98 Å². The van der Waals surface area contributed by atoms with Gasteiger partial charge in [0.2, 0.25) is 5.82 Å². The summed E-state index contributed by atoms with van der Waals surface area (Å²) < 4.78 is 0. The first kappa shape index (κ1) is 21.2. The van der Waals surface area contributed by atoms with E-state index in [0.29, 0.717) is 35.7 Å². The van der Waals surface area contributed by atoms with Crippen LogP contribution in [0.5, 0.6) is 5.75 Å². The van der Waals surface area contributed by atoms with Crippen molar-refractivity contribution in [2.45, 2.75) is 24.9 Å². The van der Waals surface area contributed by atoms with Crippen molar-refractivity contribution in [3.05, 3.63) is 54.6 Å². The minimum absolute atomic E-state index is 0.210. The third-order valence-electron chi connectivity index (χ3n) is 6.17. The molecule has 1 aromatic carbocycles. The van der Waals surface area contributed by atoms with Gasteiger partial charge < -0.3 is 14.9 Å². The number of piperazine rings is 1. The van der Waals surface area contributed by atoms with Gasteiger partial charge in [-0.1, -0.05) is 18.1 Å². The van der Waals surface area contributed by atoms with Crippen LogP contribution in [0.25, 0.3) is 11.3 Å². The molecule has 168 valence electrons. The molecule has 8 heteroatoms. The predicted molar refractivity (Wildman–Crippen MR) is 128 cm³/mol. The SMILES string of the molecule is CN(C)CC#Cc1nccc(N2C3CCC2CN(c2cnnc(-c4ccccc4O)c2)C3)n1. The average Bonchev–Trinajstić information content (AvgIpc) is 3.08. The Labute approximate surface area is 193 Å². The minimum Gasteiger partial charge on any atom is -0.507 e. The molecule has 1 N–H and O–H groups in total. The van der Waals surface area contributed by atoms with Crippen molar-refractivity contribution in [3.8, 4) is 28.8 Å². The zero-order valence-electron chi connectivity index (χ0n) is 18.9. The fourth-order valence-corrected chi connectivity index (χ4v) is 4.67. The molecule has 0 spiro atoms. The van der Waals surface area contributed by atoms with E-state index in [2.05, 4.69) is 36.8 Å². The molecule has 2 bridgehead atoms. The highest BCUT2D eigenvalue weighted by atomic mass is 16.3. The monoisotopic (exact) mass is 441 g/mol. The zero-order chi connectivity index (χ0) is 22.8. The topological polar surface area (TPSA) is 81.5 Å². The maximum atomic E-state index is 10.2. The summed E-state index contributed by atoms with van der Waals surface area (Å²) >= 11 is 0. The number of hydrogen-bond donors (Lipinski definition) is 1. The highest BCUT2D eigenvalue weighted by molar-refractivity contribution is 5.69. The van der Waals surface area contributed by atoms with Crippen LogP contribution in [-0.2, 0) is 0 Å². The van der Waals surface area contributed by atoms with Crippen LogP contribution in [-0.4, -0.2) is 76.0 Å². The second kappa shape index (κ2) is 9.04. The summed E-state index contributed by atoms with van der Waals surface area (Å²) in [4.78, 5) is 15.9. The summed E-state index contributed by atoms with van der Waals surface area (Å²) in [6.45, 7) is 2.45.